The Morgan fingerprint density at radius 3 is 2.67 bits per heavy atom. The highest BCUT2D eigenvalue weighted by Gasteiger charge is 2.32. The van der Waals surface area contributed by atoms with Crippen molar-refractivity contribution in [2.75, 3.05) is 31.1 Å². The van der Waals surface area contributed by atoms with E-state index in [-0.39, 0.29) is 24.2 Å². The van der Waals surface area contributed by atoms with E-state index in [2.05, 4.69) is 5.32 Å². The number of nitrogens with one attached hydrogen (secondary N) is 1. The number of halogens is 1. The lowest BCUT2D eigenvalue weighted by Gasteiger charge is -2.23. The van der Waals surface area contributed by atoms with Gasteiger partial charge in [0.15, 0.2) is 0 Å². The Bertz CT molecular complexity index is 602. The minimum Gasteiger partial charge on any atom is -0.354 e. The van der Waals surface area contributed by atoms with E-state index in [0.29, 0.717) is 25.6 Å². The van der Waals surface area contributed by atoms with Gasteiger partial charge >= 0.3 is 6.03 Å². The van der Waals surface area contributed by atoms with Gasteiger partial charge in [0.2, 0.25) is 5.91 Å². The monoisotopic (exact) mass is 333 g/mol. The zero-order valence-corrected chi connectivity index (χ0v) is 13.8. The normalized spacial score (nSPS) is 19.0. The van der Waals surface area contributed by atoms with Crippen molar-refractivity contribution in [2.24, 2.45) is 5.92 Å². The molecule has 1 aromatic carbocycles. The molecule has 24 heavy (non-hydrogen) atoms. The molecule has 0 bridgehead atoms. The summed E-state index contributed by atoms with van der Waals surface area (Å²) in [5.41, 5.74) is 0.271. The van der Waals surface area contributed by atoms with E-state index < -0.39 is 5.82 Å². The van der Waals surface area contributed by atoms with Crippen LogP contribution in [0.3, 0.4) is 0 Å². The molecule has 6 heteroatoms. The lowest BCUT2D eigenvalue weighted by Crippen LogP contribution is -2.41. The minimum atomic E-state index is -0.422. The highest BCUT2D eigenvalue weighted by molar-refractivity contribution is 5.96. The van der Waals surface area contributed by atoms with Gasteiger partial charge in [-0.2, -0.15) is 0 Å². The zero-order valence-electron chi connectivity index (χ0n) is 13.8. The van der Waals surface area contributed by atoms with E-state index in [0.717, 1.165) is 0 Å². The van der Waals surface area contributed by atoms with Crippen LogP contribution in [0.25, 0.3) is 0 Å². The molecule has 0 aromatic heterocycles. The number of para-hydroxylation sites is 1. The molecule has 2 aliphatic rings. The van der Waals surface area contributed by atoms with E-state index in [1.165, 1.54) is 48.0 Å². The van der Waals surface area contributed by atoms with Crippen LogP contribution >= 0.6 is 0 Å². The quantitative estimate of drug-likeness (QED) is 0.901. The first-order valence-electron chi connectivity index (χ1n) is 8.73. The number of urea groups is 1. The van der Waals surface area contributed by atoms with E-state index in [1.807, 2.05) is 0 Å². The topological polar surface area (TPSA) is 52.7 Å². The van der Waals surface area contributed by atoms with Crippen LogP contribution in [0, 0.1) is 11.7 Å². The smallest absolute Gasteiger partial charge is 0.325 e. The van der Waals surface area contributed by atoms with Gasteiger partial charge in [-0.05, 0) is 30.9 Å². The maximum Gasteiger partial charge on any atom is 0.325 e. The average Bonchev–Trinajstić information content (AvgIpc) is 2.95. The first kappa shape index (κ1) is 16.7. The van der Waals surface area contributed by atoms with Gasteiger partial charge in [0.05, 0.1) is 5.69 Å². The Labute approximate surface area is 141 Å². The number of anilines is 1. The second kappa shape index (κ2) is 7.64. The number of benzene rings is 1. The fourth-order valence-corrected chi connectivity index (χ4v) is 3.50. The summed E-state index contributed by atoms with van der Waals surface area (Å²) >= 11 is 0. The SMILES string of the molecule is O=C(CN1CCN(c2ccccc2F)C1=O)NCC1CCCCC1. The summed E-state index contributed by atoms with van der Waals surface area (Å²) in [5, 5.41) is 2.94. The van der Waals surface area contributed by atoms with Crippen molar-refractivity contribution >= 4 is 17.6 Å². The van der Waals surface area contributed by atoms with Crippen molar-refractivity contribution in [3.8, 4) is 0 Å². The molecule has 3 amide bonds. The summed E-state index contributed by atoms with van der Waals surface area (Å²) in [6.07, 6.45) is 6.11. The molecule has 1 N–H and O–H groups in total. The average molecular weight is 333 g/mol. The number of carbonyl (C=O) groups is 2. The largest absolute Gasteiger partial charge is 0.354 e. The van der Waals surface area contributed by atoms with Crippen LogP contribution in [0.4, 0.5) is 14.9 Å². The summed E-state index contributed by atoms with van der Waals surface area (Å²) < 4.78 is 13.8. The molecule has 0 unspecified atom stereocenters. The molecule has 1 heterocycles. The molecule has 0 radical (unpaired) electrons. The Hall–Kier alpha value is -2.11. The molecular weight excluding hydrogens is 309 g/mol. The number of hydrogen-bond donors (Lipinski definition) is 1. The summed E-state index contributed by atoms with van der Waals surface area (Å²) in [6.45, 7) is 1.56. The number of rotatable bonds is 5. The lowest BCUT2D eigenvalue weighted by atomic mass is 9.89. The van der Waals surface area contributed by atoms with Gasteiger partial charge in [0.25, 0.3) is 0 Å². The van der Waals surface area contributed by atoms with Crippen molar-refractivity contribution in [1.29, 1.82) is 0 Å². The molecule has 2 fully saturated rings. The fourth-order valence-electron chi connectivity index (χ4n) is 3.50. The first-order chi connectivity index (χ1) is 11.6. The molecule has 0 spiro atoms. The van der Waals surface area contributed by atoms with Crippen molar-refractivity contribution in [3.63, 3.8) is 0 Å². The summed E-state index contributed by atoms with van der Waals surface area (Å²) in [6, 6.07) is 5.90. The predicted octanol–water partition coefficient (Wildman–Crippen LogP) is 2.76. The van der Waals surface area contributed by atoms with Crippen molar-refractivity contribution in [3.05, 3.63) is 30.1 Å². The van der Waals surface area contributed by atoms with Crippen LogP contribution in [-0.4, -0.2) is 43.0 Å². The third kappa shape index (κ3) is 3.86. The van der Waals surface area contributed by atoms with Crippen LogP contribution in [0.2, 0.25) is 0 Å². The molecule has 0 atom stereocenters. The van der Waals surface area contributed by atoms with Crippen LogP contribution < -0.4 is 10.2 Å². The van der Waals surface area contributed by atoms with Gasteiger partial charge in [-0.3, -0.25) is 9.69 Å². The molecule has 3 rings (SSSR count). The Morgan fingerprint density at radius 1 is 1.17 bits per heavy atom. The fraction of sp³-hybridized carbons (Fsp3) is 0.556. The highest BCUT2D eigenvalue weighted by Crippen LogP contribution is 2.24. The Kier molecular flexibility index (Phi) is 5.33. The molecular formula is C18H24FN3O2. The maximum atomic E-state index is 13.8. The van der Waals surface area contributed by atoms with E-state index in [9.17, 15) is 14.0 Å². The third-order valence-corrected chi connectivity index (χ3v) is 4.89. The maximum absolute atomic E-state index is 13.8. The van der Waals surface area contributed by atoms with Gasteiger partial charge in [0.1, 0.15) is 12.4 Å². The van der Waals surface area contributed by atoms with Gasteiger partial charge < -0.3 is 10.2 Å². The number of hydrogen-bond acceptors (Lipinski definition) is 2. The highest BCUT2D eigenvalue weighted by atomic mass is 19.1. The van der Waals surface area contributed by atoms with E-state index >= 15 is 0 Å². The van der Waals surface area contributed by atoms with Crippen LogP contribution in [0.15, 0.2) is 24.3 Å². The number of amides is 3. The molecule has 130 valence electrons. The molecule has 5 nitrogen and oxygen atoms in total. The van der Waals surface area contributed by atoms with Gasteiger partial charge in [-0.15, -0.1) is 0 Å². The van der Waals surface area contributed by atoms with Gasteiger partial charge in [0, 0.05) is 19.6 Å². The third-order valence-electron chi connectivity index (χ3n) is 4.89. The lowest BCUT2D eigenvalue weighted by molar-refractivity contribution is -0.121. The summed E-state index contributed by atoms with van der Waals surface area (Å²) in [5.74, 6) is 0.00523. The van der Waals surface area contributed by atoms with Crippen molar-refractivity contribution < 1.29 is 14.0 Å². The minimum absolute atomic E-state index is 0.0382. The van der Waals surface area contributed by atoms with E-state index in [4.69, 9.17) is 0 Å². The molecule has 1 saturated carbocycles. The van der Waals surface area contributed by atoms with Crippen molar-refractivity contribution in [1.82, 2.24) is 10.2 Å². The molecule has 1 saturated heterocycles. The number of nitrogens with zero attached hydrogens (tertiary/aromatic N) is 2. The van der Waals surface area contributed by atoms with Gasteiger partial charge in [-0.25, -0.2) is 9.18 Å². The van der Waals surface area contributed by atoms with E-state index in [1.54, 1.807) is 18.2 Å². The predicted molar refractivity (Wildman–Crippen MR) is 90.3 cm³/mol. The Morgan fingerprint density at radius 2 is 1.92 bits per heavy atom. The summed E-state index contributed by atoms with van der Waals surface area (Å²) in [4.78, 5) is 27.4. The van der Waals surface area contributed by atoms with Crippen LogP contribution in [-0.2, 0) is 4.79 Å². The Balaban J connectivity index is 1.50. The molecule has 1 aromatic rings. The molecule has 1 aliphatic carbocycles. The van der Waals surface area contributed by atoms with Crippen LogP contribution in [0.1, 0.15) is 32.1 Å². The van der Waals surface area contributed by atoms with Gasteiger partial charge in [-0.1, -0.05) is 31.4 Å². The van der Waals surface area contributed by atoms with Crippen molar-refractivity contribution in [2.45, 2.75) is 32.1 Å². The zero-order chi connectivity index (χ0) is 16.9. The second-order valence-corrected chi connectivity index (χ2v) is 6.62. The summed E-state index contributed by atoms with van der Waals surface area (Å²) in [7, 11) is 0. The standard InChI is InChI=1S/C18H24FN3O2/c19-15-8-4-5-9-16(15)22-11-10-21(18(22)24)13-17(23)20-12-14-6-2-1-3-7-14/h4-5,8-9,14H,1-3,6-7,10-13H2,(H,20,23). The first-order valence-corrected chi connectivity index (χ1v) is 8.73. The second-order valence-electron chi connectivity index (χ2n) is 6.62. The van der Waals surface area contributed by atoms with Crippen LogP contribution in [0.5, 0.6) is 0 Å². The molecule has 1 aliphatic heterocycles. The number of carbonyl (C=O) groups excluding carboxylic acids is 2.